The molecular formula is C21H28N4O5. The van der Waals surface area contributed by atoms with Crippen molar-refractivity contribution >= 4 is 17.7 Å². The average molecular weight is 416 g/mol. The van der Waals surface area contributed by atoms with Gasteiger partial charge in [-0.25, -0.2) is 9.59 Å². The van der Waals surface area contributed by atoms with Crippen molar-refractivity contribution in [2.75, 3.05) is 26.2 Å². The Morgan fingerprint density at radius 1 is 1.30 bits per heavy atom. The maximum Gasteiger partial charge on any atom is 0.338 e. The Balaban J connectivity index is 2.01. The molecule has 0 aromatic heterocycles. The van der Waals surface area contributed by atoms with Crippen LogP contribution in [0, 0.1) is 22.0 Å². The molecule has 0 aliphatic carbocycles. The second-order valence-corrected chi connectivity index (χ2v) is 8.14. The second kappa shape index (κ2) is 9.25. The lowest BCUT2D eigenvalue weighted by Gasteiger charge is -2.37. The lowest BCUT2D eigenvalue weighted by Crippen LogP contribution is -2.50. The SMILES string of the molecule is CCOC(=O)C1=C(CN2CC(C)CC(C)C2)NC(=O)NC1c1cccc([N+](=O)[O-])c1. The van der Waals surface area contributed by atoms with Crippen LogP contribution in [0.5, 0.6) is 0 Å². The molecule has 3 atom stereocenters. The highest BCUT2D eigenvalue weighted by Crippen LogP contribution is 2.31. The van der Waals surface area contributed by atoms with Crippen molar-refractivity contribution in [3.05, 3.63) is 51.2 Å². The highest BCUT2D eigenvalue weighted by atomic mass is 16.6. The number of ether oxygens (including phenoxy) is 1. The summed E-state index contributed by atoms with van der Waals surface area (Å²) in [4.78, 5) is 38.2. The van der Waals surface area contributed by atoms with Crippen molar-refractivity contribution in [1.29, 1.82) is 0 Å². The molecule has 1 fully saturated rings. The summed E-state index contributed by atoms with van der Waals surface area (Å²) in [5, 5.41) is 16.7. The molecule has 0 bridgehead atoms. The summed E-state index contributed by atoms with van der Waals surface area (Å²) in [6, 6.07) is 4.67. The number of rotatable bonds is 6. The van der Waals surface area contributed by atoms with E-state index in [-0.39, 0.29) is 17.9 Å². The minimum absolute atomic E-state index is 0.108. The molecule has 9 heteroatoms. The number of non-ortho nitro benzene ring substituents is 1. The van der Waals surface area contributed by atoms with Crippen LogP contribution in [0.4, 0.5) is 10.5 Å². The average Bonchev–Trinajstić information content (AvgIpc) is 2.67. The summed E-state index contributed by atoms with van der Waals surface area (Å²) >= 11 is 0. The monoisotopic (exact) mass is 416 g/mol. The molecule has 1 aromatic rings. The number of likely N-dealkylation sites (tertiary alicyclic amines) is 1. The molecule has 2 aliphatic heterocycles. The van der Waals surface area contributed by atoms with E-state index in [0.717, 1.165) is 19.5 Å². The molecule has 1 saturated heterocycles. The standard InChI is InChI=1S/C21H28N4O5/c1-4-30-20(26)18-17(12-24-10-13(2)8-14(3)11-24)22-21(27)23-19(18)15-6-5-7-16(9-15)25(28)29/h5-7,9,13-14,19H,4,8,10-12H2,1-3H3,(H2,22,23,27). The van der Waals surface area contributed by atoms with Crippen LogP contribution in [-0.2, 0) is 9.53 Å². The number of nitro benzene ring substituents is 1. The number of amides is 2. The van der Waals surface area contributed by atoms with Crippen LogP contribution in [0.15, 0.2) is 35.5 Å². The maximum atomic E-state index is 12.9. The summed E-state index contributed by atoms with van der Waals surface area (Å²) in [5.74, 6) is 0.491. The fourth-order valence-corrected chi connectivity index (χ4v) is 4.41. The van der Waals surface area contributed by atoms with Gasteiger partial charge in [0, 0.05) is 37.5 Å². The van der Waals surface area contributed by atoms with Gasteiger partial charge in [-0.3, -0.25) is 15.0 Å². The first kappa shape index (κ1) is 21.8. The van der Waals surface area contributed by atoms with E-state index in [1.165, 1.54) is 18.2 Å². The zero-order valence-corrected chi connectivity index (χ0v) is 17.5. The normalized spacial score (nSPS) is 24.8. The molecule has 2 N–H and O–H groups in total. The number of nitro groups is 1. The Morgan fingerprint density at radius 3 is 2.63 bits per heavy atom. The number of nitrogens with one attached hydrogen (secondary N) is 2. The van der Waals surface area contributed by atoms with Crippen LogP contribution in [0.2, 0.25) is 0 Å². The first-order valence-electron chi connectivity index (χ1n) is 10.2. The Bertz CT molecular complexity index is 859. The molecule has 9 nitrogen and oxygen atoms in total. The van der Waals surface area contributed by atoms with Crippen molar-refractivity contribution in [2.45, 2.75) is 33.2 Å². The third kappa shape index (κ3) is 4.96. The number of piperidine rings is 1. The van der Waals surface area contributed by atoms with Gasteiger partial charge in [0.05, 0.1) is 23.1 Å². The first-order chi connectivity index (χ1) is 14.3. The Hall–Kier alpha value is -2.94. The molecule has 30 heavy (non-hydrogen) atoms. The fourth-order valence-electron chi connectivity index (χ4n) is 4.41. The van der Waals surface area contributed by atoms with Gasteiger partial charge in [0.25, 0.3) is 5.69 Å². The summed E-state index contributed by atoms with van der Waals surface area (Å²) in [7, 11) is 0. The molecule has 3 unspecified atom stereocenters. The third-order valence-electron chi connectivity index (χ3n) is 5.39. The topological polar surface area (TPSA) is 114 Å². The summed E-state index contributed by atoms with van der Waals surface area (Å²) in [5.41, 5.74) is 1.11. The number of esters is 1. The van der Waals surface area contributed by atoms with Gasteiger partial charge in [0.2, 0.25) is 0 Å². The number of nitrogens with zero attached hydrogens (tertiary/aromatic N) is 2. The third-order valence-corrected chi connectivity index (χ3v) is 5.39. The van der Waals surface area contributed by atoms with E-state index in [1.807, 2.05) is 0 Å². The summed E-state index contributed by atoms with van der Waals surface area (Å²) in [6.07, 6.45) is 1.14. The quantitative estimate of drug-likeness (QED) is 0.419. The van der Waals surface area contributed by atoms with E-state index in [2.05, 4.69) is 29.4 Å². The molecule has 0 saturated carbocycles. The number of carbonyl (C=O) groups is 2. The fraction of sp³-hybridized carbons (Fsp3) is 0.524. The largest absolute Gasteiger partial charge is 0.463 e. The van der Waals surface area contributed by atoms with E-state index in [9.17, 15) is 19.7 Å². The lowest BCUT2D eigenvalue weighted by atomic mass is 9.91. The molecule has 1 aromatic carbocycles. The molecule has 0 radical (unpaired) electrons. The highest BCUT2D eigenvalue weighted by Gasteiger charge is 2.35. The van der Waals surface area contributed by atoms with E-state index >= 15 is 0 Å². The van der Waals surface area contributed by atoms with Crippen molar-refractivity contribution in [2.24, 2.45) is 11.8 Å². The van der Waals surface area contributed by atoms with E-state index in [0.29, 0.717) is 29.6 Å². The van der Waals surface area contributed by atoms with Crippen LogP contribution >= 0.6 is 0 Å². The minimum atomic E-state index is -0.827. The van der Waals surface area contributed by atoms with E-state index < -0.39 is 23.0 Å². The van der Waals surface area contributed by atoms with Gasteiger partial charge in [-0.05, 0) is 30.7 Å². The summed E-state index contributed by atoms with van der Waals surface area (Å²) in [6.45, 7) is 8.42. The zero-order valence-electron chi connectivity index (χ0n) is 17.5. The molecule has 2 heterocycles. The van der Waals surface area contributed by atoms with E-state index in [4.69, 9.17) is 4.74 Å². The zero-order chi connectivity index (χ0) is 21.8. The molecule has 162 valence electrons. The van der Waals surface area contributed by atoms with Crippen LogP contribution in [0.25, 0.3) is 0 Å². The molecular weight excluding hydrogens is 388 g/mol. The molecule has 2 amide bonds. The van der Waals surface area contributed by atoms with Gasteiger partial charge in [-0.2, -0.15) is 0 Å². The second-order valence-electron chi connectivity index (χ2n) is 8.14. The molecule has 2 aliphatic rings. The van der Waals surface area contributed by atoms with E-state index in [1.54, 1.807) is 13.0 Å². The predicted octanol–water partition coefficient (Wildman–Crippen LogP) is 2.74. The van der Waals surface area contributed by atoms with Crippen LogP contribution in [-0.4, -0.2) is 48.1 Å². The number of carbonyl (C=O) groups excluding carboxylic acids is 2. The van der Waals surface area contributed by atoms with Crippen molar-refractivity contribution < 1.29 is 19.2 Å². The molecule has 0 spiro atoms. The minimum Gasteiger partial charge on any atom is -0.463 e. The van der Waals surface area contributed by atoms with Crippen LogP contribution in [0.1, 0.15) is 38.8 Å². The number of hydrogen-bond donors (Lipinski definition) is 2. The van der Waals surface area contributed by atoms with Crippen molar-refractivity contribution in [1.82, 2.24) is 15.5 Å². The Labute approximate surface area is 175 Å². The summed E-state index contributed by atoms with van der Waals surface area (Å²) < 4.78 is 5.27. The van der Waals surface area contributed by atoms with Crippen molar-refractivity contribution in [3.63, 3.8) is 0 Å². The Kier molecular flexibility index (Phi) is 6.71. The van der Waals surface area contributed by atoms with Gasteiger partial charge >= 0.3 is 12.0 Å². The number of urea groups is 1. The number of benzene rings is 1. The number of hydrogen-bond acceptors (Lipinski definition) is 6. The highest BCUT2D eigenvalue weighted by molar-refractivity contribution is 5.95. The van der Waals surface area contributed by atoms with Crippen molar-refractivity contribution in [3.8, 4) is 0 Å². The van der Waals surface area contributed by atoms with Crippen LogP contribution in [0.3, 0.4) is 0 Å². The van der Waals surface area contributed by atoms with Gasteiger partial charge in [-0.15, -0.1) is 0 Å². The Morgan fingerprint density at radius 2 is 2.00 bits per heavy atom. The predicted molar refractivity (Wildman–Crippen MR) is 111 cm³/mol. The van der Waals surface area contributed by atoms with Gasteiger partial charge in [0.15, 0.2) is 0 Å². The van der Waals surface area contributed by atoms with Gasteiger partial charge in [-0.1, -0.05) is 26.0 Å². The maximum absolute atomic E-state index is 12.9. The smallest absolute Gasteiger partial charge is 0.338 e. The first-order valence-corrected chi connectivity index (χ1v) is 10.2. The van der Waals surface area contributed by atoms with Gasteiger partial charge in [0.1, 0.15) is 0 Å². The van der Waals surface area contributed by atoms with Gasteiger partial charge < -0.3 is 15.4 Å². The molecule has 3 rings (SSSR count). The van der Waals surface area contributed by atoms with Crippen LogP contribution < -0.4 is 10.6 Å². The lowest BCUT2D eigenvalue weighted by molar-refractivity contribution is -0.384.